The number of alkyl carbamates (subject to hydrolysis) is 1. The van der Waals surface area contributed by atoms with Gasteiger partial charge in [0.15, 0.2) is 0 Å². The Kier molecular flexibility index (Phi) is 7.69. The summed E-state index contributed by atoms with van der Waals surface area (Å²) in [7, 11) is 0. The van der Waals surface area contributed by atoms with Crippen molar-refractivity contribution in [3.8, 4) is 0 Å². The van der Waals surface area contributed by atoms with E-state index in [2.05, 4.69) is 5.32 Å². The summed E-state index contributed by atoms with van der Waals surface area (Å²) in [6.45, 7) is 7.14. The number of hydrogen-bond donors (Lipinski definition) is 1. The van der Waals surface area contributed by atoms with Crippen LogP contribution in [0.3, 0.4) is 0 Å². The van der Waals surface area contributed by atoms with Crippen molar-refractivity contribution in [2.24, 2.45) is 0 Å². The molecular weight excluding hydrogens is 444 g/mol. The second-order valence-corrected chi connectivity index (χ2v) is 10.4. The van der Waals surface area contributed by atoms with E-state index in [4.69, 9.17) is 4.74 Å². The number of carbonyl (C=O) groups is 3. The van der Waals surface area contributed by atoms with Gasteiger partial charge in [0.1, 0.15) is 5.60 Å². The molecule has 0 aromatic heterocycles. The van der Waals surface area contributed by atoms with E-state index in [-0.39, 0.29) is 18.4 Å². The maximum absolute atomic E-state index is 13.3. The normalized spacial score (nSPS) is 15.2. The maximum atomic E-state index is 13.3. The molecular formula is C24H26N2O4S2. The molecule has 6 nitrogen and oxygen atoms in total. The number of nitrogens with zero attached hydrogens (tertiary/aromatic N) is 1. The van der Waals surface area contributed by atoms with Crippen LogP contribution in [0, 0.1) is 0 Å². The van der Waals surface area contributed by atoms with E-state index in [1.807, 2.05) is 60.7 Å². The summed E-state index contributed by atoms with van der Waals surface area (Å²) in [5.74, 6) is -0.721. The van der Waals surface area contributed by atoms with Gasteiger partial charge in [-0.2, -0.15) is 0 Å². The number of carbonyl (C=O) groups excluding carboxylic acids is 3. The van der Waals surface area contributed by atoms with Gasteiger partial charge in [-0.05, 0) is 52.0 Å². The average molecular weight is 471 g/mol. The minimum Gasteiger partial charge on any atom is -0.444 e. The first-order valence-corrected chi connectivity index (χ1v) is 11.8. The second-order valence-electron chi connectivity index (χ2n) is 8.20. The molecule has 1 atom stereocenters. The quantitative estimate of drug-likeness (QED) is 0.570. The molecule has 3 rings (SSSR count). The predicted molar refractivity (Wildman–Crippen MR) is 127 cm³/mol. The Hall–Kier alpha value is -2.71. The van der Waals surface area contributed by atoms with Crippen LogP contribution in [-0.4, -0.2) is 41.0 Å². The van der Waals surface area contributed by atoms with Crippen molar-refractivity contribution in [2.45, 2.75) is 49.1 Å². The van der Waals surface area contributed by atoms with E-state index in [9.17, 15) is 14.4 Å². The van der Waals surface area contributed by atoms with E-state index in [1.54, 1.807) is 27.7 Å². The zero-order chi connectivity index (χ0) is 23.3. The zero-order valence-corrected chi connectivity index (χ0v) is 20.1. The highest BCUT2D eigenvalue weighted by Crippen LogP contribution is 2.42. The Labute approximate surface area is 196 Å². The molecule has 0 radical (unpaired) electrons. The number of thioether (sulfide) groups is 2. The number of benzene rings is 2. The van der Waals surface area contributed by atoms with Crippen molar-refractivity contribution < 1.29 is 19.1 Å². The van der Waals surface area contributed by atoms with Gasteiger partial charge in [0.25, 0.3) is 11.8 Å². The summed E-state index contributed by atoms with van der Waals surface area (Å²) in [4.78, 5) is 42.4. The van der Waals surface area contributed by atoms with E-state index in [1.165, 1.54) is 28.4 Å². The van der Waals surface area contributed by atoms with Gasteiger partial charge in [0.05, 0.1) is 15.9 Å². The lowest BCUT2D eigenvalue weighted by atomic mass is 10.2. The largest absolute Gasteiger partial charge is 0.444 e. The summed E-state index contributed by atoms with van der Waals surface area (Å²) >= 11 is 2.56. The third-order valence-corrected chi connectivity index (χ3v) is 6.65. The third-order valence-electron chi connectivity index (χ3n) is 4.34. The molecule has 1 aliphatic rings. The lowest BCUT2D eigenvalue weighted by Gasteiger charge is -2.25. The standard InChI is InChI=1S/C24H26N2O4S2/c1-16(15-25-23(29)30-24(2,3)4)26-21(27)19(31-17-11-7-5-8-12-17)20(22(26)28)32-18-13-9-6-10-14-18/h5-14,16H,15H2,1-4H3,(H,25,29). The van der Waals surface area contributed by atoms with Gasteiger partial charge in [-0.1, -0.05) is 59.9 Å². The summed E-state index contributed by atoms with van der Waals surface area (Å²) < 4.78 is 5.25. The van der Waals surface area contributed by atoms with Gasteiger partial charge in [-0.3, -0.25) is 14.5 Å². The summed E-state index contributed by atoms with van der Waals surface area (Å²) in [6, 6.07) is 18.4. The topological polar surface area (TPSA) is 75.7 Å². The lowest BCUT2D eigenvalue weighted by Crippen LogP contribution is -2.46. The molecule has 1 N–H and O–H groups in total. The molecule has 0 aliphatic carbocycles. The molecule has 0 saturated heterocycles. The first-order valence-electron chi connectivity index (χ1n) is 10.2. The monoisotopic (exact) mass is 470 g/mol. The maximum Gasteiger partial charge on any atom is 0.407 e. The zero-order valence-electron chi connectivity index (χ0n) is 18.5. The van der Waals surface area contributed by atoms with Crippen LogP contribution in [0.4, 0.5) is 4.79 Å². The molecule has 168 valence electrons. The Morgan fingerprint density at radius 1 is 0.906 bits per heavy atom. The summed E-state index contributed by atoms with van der Waals surface area (Å²) in [6.07, 6.45) is -0.589. The van der Waals surface area contributed by atoms with Crippen molar-refractivity contribution in [3.05, 3.63) is 70.5 Å². The molecule has 1 aliphatic heterocycles. The van der Waals surface area contributed by atoms with Crippen LogP contribution in [0.5, 0.6) is 0 Å². The van der Waals surface area contributed by atoms with Crippen LogP contribution in [0.2, 0.25) is 0 Å². The van der Waals surface area contributed by atoms with Crippen molar-refractivity contribution in [3.63, 3.8) is 0 Å². The number of rotatable bonds is 7. The summed E-state index contributed by atoms with van der Waals surface area (Å²) in [5, 5.41) is 2.65. The predicted octanol–water partition coefficient (Wildman–Crippen LogP) is 5.06. The number of ether oxygens (including phenoxy) is 1. The van der Waals surface area contributed by atoms with Gasteiger partial charge in [-0.25, -0.2) is 4.79 Å². The molecule has 1 unspecified atom stereocenters. The van der Waals surface area contributed by atoms with Gasteiger partial charge in [0, 0.05) is 16.3 Å². The molecule has 0 spiro atoms. The molecule has 3 amide bonds. The van der Waals surface area contributed by atoms with Crippen LogP contribution in [0.15, 0.2) is 80.3 Å². The second kappa shape index (κ2) is 10.3. The highest BCUT2D eigenvalue weighted by Gasteiger charge is 2.42. The first-order chi connectivity index (χ1) is 15.2. The van der Waals surface area contributed by atoms with Crippen LogP contribution in [0.25, 0.3) is 0 Å². The van der Waals surface area contributed by atoms with Crippen molar-refractivity contribution in [2.75, 3.05) is 6.54 Å². The van der Waals surface area contributed by atoms with Gasteiger partial charge in [0.2, 0.25) is 0 Å². The van der Waals surface area contributed by atoms with Crippen LogP contribution in [-0.2, 0) is 14.3 Å². The number of hydrogen-bond acceptors (Lipinski definition) is 6. The Balaban J connectivity index is 1.80. The highest BCUT2D eigenvalue weighted by molar-refractivity contribution is 8.08. The van der Waals surface area contributed by atoms with Crippen molar-refractivity contribution >= 4 is 41.4 Å². The number of imide groups is 1. The molecule has 2 aromatic carbocycles. The minimum atomic E-state index is -0.632. The van der Waals surface area contributed by atoms with Gasteiger partial charge < -0.3 is 10.1 Å². The fourth-order valence-corrected chi connectivity index (χ4v) is 4.97. The lowest BCUT2D eigenvalue weighted by molar-refractivity contribution is -0.139. The average Bonchev–Trinajstić information content (AvgIpc) is 2.96. The highest BCUT2D eigenvalue weighted by atomic mass is 32.2. The molecule has 1 heterocycles. The molecule has 0 saturated carbocycles. The third kappa shape index (κ3) is 6.17. The Morgan fingerprint density at radius 3 is 1.75 bits per heavy atom. The summed E-state index contributed by atoms with van der Waals surface area (Å²) in [5.41, 5.74) is -0.632. The molecule has 8 heteroatoms. The van der Waals surface area contributed by atoms with E-state index in [0.29, 0.717) is 9.81 Å². The Bertz CT molecular complexity index is 954. The van der Waals surface area contributed by atoms with E-state index >= 15 is 0 Å². The molecule has 0 bridgehead atoms. The molecule has 32 heavy (non-hydrogen) atoms. The van der Waals surface area contributed by atoms with Gasteiger partial charge in [-0.15, -0.1) is 0 Å². The van der Waals surface area contributed by atoms with E-state index < -0.39 is 17.7 Å². The van der Waals surface area contributed by atoms with Crippen LogP contribution < -0.4 is 5.32 Å². The van der Waals surface area contributed by atoms with E-state index in [0.717, 1.165) is 9.79 Å². The van der Waals surface area contributed by atoms with Crippen LogP contribution >= 0.6 is 23.5 Å². The molecule has 2 aromatic rings. The molecule has 0 fully saturated rings. The minimum absolute atomic E-state index is 0.0962. The SMILES string of the molecule is CC(CNC(=O)OC(C)(C)C)N1C(=O)C(Sc2ccccc2)=C(Sc2ccccc2)C1=O. The van der Waals surface area contributed by atoms with Crippen molar-refractivity contribution in [1.82, 2.24) is 10.2 Å². The number of amides is 3. The Morgan fingerprint density at radius 2 is 1.34 bits per heavy atom. The fraction of sp³-hybridized carbons (Fsp3) is 0.292. The number of nitrogens with one attached hydrogen (secondary N) is 1. The van der Waals surface area contributed by atoms with Crippen molar-refractivity contribution in [1.29, 1.82) is 0 Å². The van der Waals surface area contributed by atoms with Gasteiger partial charge >= 0.3 is 6.09 Å². The van der Waals surface area contributed by atoms with Crippen LogP contribution in [0.1, 0.15) is 27.7 Å². The smallest absolute Gasteiger partial charge is 0.407 e. The fourth-order valence-electron chi connectivity index (χ4n) is 2.93. The first kappa shape index (κ1) is 23.9.